The van der Waals surface area contributed by atoms with Crippen molar-refractivity contribution in [2.24, 2.45) is 0 Å². The molecule has 2 amide bonds. The third-order valence-corrected chi connectivity index (χ3v) is 5.40. The monoisotopic (exact) mass is 423 g/mol. The van der Waals surface area contributed by atoms with Gasteiger partial charge in [-0.15, -0.1) is 0 Å². The minimum Gasteiger partial charge on any atom is -0.408 e. The van der Waals surface area contributed by atoms with Gasteiger partial charge < -0.3 is 19.4 Å². The highest BCUT2D eigenvalue weighted by Gasteiger charge is 2.26. The maximum absolute atomic E-state index is 12.3. The first-order valence-electron chi connectivity index (χ1n) is 10.4. The zero-order valence-corrected chi connectivity index (χ0v) is 17.2. The summed E-state index contributed by atoms with van der Waals surface area (Å²) in [6.45, 7) is 1.63. The number of aromatic nitrogens is 1. The van der Waals surface area contributed by atoms with E-state index in [1.165, 1.54) is 10.1 Å². The molecule has 0 radical (unpaired) electrons. The van der Waals surface area contributed by atoms with Gasteiger partial charge in [-0.3, -0.25) is 14.2 Å². The molecule has 0 aliphatic carbocycles. The minimum atomic E-state index is -0.475. The van der Waals surface area contributed by atoms with E-state index < -0.39 is 5.76 Å². The topological polar surface area (TPSA) is 93.8 Å². The zero-order valence-electron chi connectivity index (χ0n) is 17.2. The predicted molar refractivity (Wildman–Crippen MR) is 115 cm³/mol. The number of nitrogens with one attached hydrogen (secondary N) is 1. The van der Waals surface area contributed by atoms with Crippen molar-refractivity contribution >= 4 is 22.9 Å². The molecule has 0 bridgehead atoms. The number of ether oxygens (including phenoxy) is 1. The molecule has 0 saturated carbocycles. The molecule has 8 heteroatoms. The van der Waals surface area contributed by atoms with Crippen LogP contribution in [0.5, 0.6) is 0 Å². The molecule has 1 unspecified atom stereocenters. The number of para-hydroxylation sites is 2. The van der Waals surface area contributed by atoms with Crippen molar-refractivity contribution in [1.29, 1.82) is 0 Å². The van der Waals surface area contributed by atoms with Crippen molar-refractivity contribution in [3.63, 3.8) is 0 Å². The van der Waals surface area contributed by atoms with Crippen LogP contribution in [0.2, 0.25) is 0 Å². The standard InChI is InChI=1S/C23H25N3O5/c27-21(11-13-26-19-8-4-5-9-20(19)31-23(26)29)24-14-18-15-25(22(28)16-30-18)12-10-17-6-2-1-3-7-17/h1-9,18H,10-16H2,(H,24,27). The van der Waals surface area contributed by atoms with E-state index >= 15 is 0 Å². The molecule has 1 atom stereocenters. The van der Waals surface area contributed by atoms with Gasteiger partial charge in [-0.25, -0.2) is 4.79 Å². The Labute approximate surface area is 179 Å². The molecule has 0 spiro atoms. The zero-order chi connectivity index (χ0) is 21.6. The lowest BCUT2D eigenvalue weighted by molar-refractivity contribution is -0.148. The van der Waals surface area contributed by atoms with Crippen LogP contribution >= 0.6 is 0 Å². The molecular weight excluding hydrogens is 398 g/mol. The number of rotatable bonds is 8. The highest BCUT2D eigenvalue weighted by atomic mass is 16.5. The van der Waals surface area contributed by atoms with Gasteiger partial charge in [0.1, 0.15) is 6.61 Å². The molecule has 4 rings (SSSR count). The fourth-order valence-corrected chi connectivity index (χ4v) is 3.68. The number of morpholine rings is 1. The number of aryl methyl sites for hydroxylation is 1. The minimum absolute atomic E-state index is 0.0196. The number of nitrogens with zero attached hydrogens (tertiary/aromatic N) is 2. The van der Waals surface area contributed by atoms with Gasteiger partial charge in [0.05, 0.1) is 11.6 Å². The molecule has 1 aliphatic rings. The molecule has 162 valence electrons. The van der Waals surface area contributed by atoms with Crippen LogP contribution in [0.25, 0.3) is 11.1 Å². The molecule has 1 N–H and O–H groups in total. The normalized spacial score (nSPS) is 16.6. The summed E-state index contributed by atoms with van der Waals surface area (Å²) in [5, 5.41) is 2.84. The summed E-state index contributed by atoms with van der Waals surface area (Å²) in [7, 11) is 0. The SMILES string of the molecule is O=C(CCn1c(=O)oc2ccccc21)NCC1CN(CCc2ccccc2)C(=O)CO1. The van der Waals surface area contributed by atoms with Crippen molar-refractivity contribution in [1.82, 2.24) is 14.8 Å². The first-order valence-corrected chi connectivity index (χ1v) is 10.4. The molecule has 8 nitrogen and oxygen atoms in total. The Morgan fingerprint density at radius 1 is 1.03 bits per heavy atom. The van der Waals surface area contributed by atoms with Gasteiger partial charge in [0.25, 0.3) is 0 Å². The fraction of sp³-hybridized carbons (Fsp3) is 0.348. The van der Waals surface area contributed by atoms with Crippen LogP contribution < -0.4 is 11.1 Å². The van der Waals surface area contributed by atoms with E-state index in [4.69, 9.17) is 9.15 Å². The number of fused-ring (bicyclic) bond motifs is 1. The number of carbonyl (C=O) groups excluding carboxylic acids is 2. The first-order chi connectivity index (χ1) is 15.1. The van der Waals surface area contributed by atoms with Gasteiger partial charge >= 0.3 is 5.76 Å². The summed E-state index contributed by atoms with van der Waals surface area (Å²) in [5.74, 6) is -0.699. The molecule has 2 heterocycles. The second-order valence-electron chi connectivity index (χ2n) is 7.55. The van der Waals surface area contributed by atoms with E-state index in [0.717, 1.165) is 6.42 Å². The number of carbonyl (C=O) groups is 2. The van der Waals surface area contributed by atoms with Crippen LogP contribution in [-0.2, 0) is 27.3 Å². The Morgan fingerprint density at radius 3 is 2.65 bits per heavy atom. The summed E-state index contributed by atoms with van der Waals surface area (Å²) >= 11 is 0. The third kappa shape index (κ3) is 5.21. The smallest absolute Gasteiger partial charge is 0.408 e. The van der Waals surface area contributed by atoms with Gasteiger partial charge in [0.2, 0.25) is 11.8 Å². The summed E-state index contributed by atoms with van der Waals surface area (Å²) in [6, 6.07) is 17.1. The van der Waals surface area contributed by atoms with Crippen LogP contribution in [0.15, 0.2) is 63.8 Å². The highest BCUT2D eigenvalue weighted by Crippen LogP contribution is 2.12. The second kappa shape index (κ2) is 9.61. The van der Waals surface area contributed by atoms with Crippen molar-refractivity contribution in [2.75, 3.05) is 26.2 Å². The first kappa shape index (κ1) is 20.9. The van der Waals surface area contributed by atoms with Gasteiger partial charge in [0.15, 0.2) is 5.58 Å². The number of hydrogen-bond donors (Lipinski definition) is 1. The van der Waals surface area contributed by atoms with Gasteiger partial charge in [-0.1, -0.05) is 42.5 Å². The van der Waals surface area contributed by atoms with Crippen LogP contribution in [0.3, 0.4) is 0 Å². The molecule has 31 heavy (non-hydrogen) atoms. The van der Waals surface area contributed by atoms with Crippen LogP contribution in [-0.4, -0.2) is 53.6 Å². The molecule has 1 fully saturated rings. The Balaban J connectivity index is 1.24. The van der Waals surface area contributed by atoms with E-state index in [0.29, 0.717) is 30.7 Å². The Kier molecular flexibility index (Phi) is 6.47. The highest BCUT2D eigenvalue weighted by molar-refractivity contribution is 5.78. The van der Waals surface area contributed by atoms with Gasteiger partial charge in [0, 0.05) is 32.6 Å². The number of oxazole rings is 1. The van der Waals surface area contributed by atoms with E-state index in [1.54, 1.807) is 23.1 Å². The number of amides is 2. The number of benzene rings is 2. The van der Waals surface area contributed by atoms with E-state index in [9.17, 15) is 14.4 Å². The van der Waals surface area contributed by atoms with Gasteiger partial charge in [-0.2, -0.15) is 0 Å². The second-order valence-corrected chi connectivity index (χ2v) is 7.55. The fourth-order valence-electron chi connectivity index (χ4n) is 3.68. The maximum atomic E-state index is 12.3. The molecule has 1 aliphatic heterocycles. The summed E-state index contributed by atoms with van der Waals surface area (Å²) < 4.78 is 12.2. The Bertz CT molecular complexity index is 1110. The van der Waals surface area contributed by atoms with E-state index in [-0.39, 0.29) is 37.5 Å². The van der Waals surface area contributed by atoms with Crippen LogP contribution in [0.4, 0.5) is 0 Å². The predicted octanol–water partition coefficient (Wildman–Crippen LogP) is 1.57. The van der Waals surface area contributed by atoms with Crippen molar-refractivity contribution in [3.05, 3.63) is 70.7 Å². The lowest BCUT2D eigenvalue weighted by Gasteiger charge is -2.33. The summed E-state index contributed by atoms with van der Waals surface area (Å²) in [4.78, 5) is 38.2. The van der Waals surface area contributed by atoms with Crippen LogP contribution in [0.1, 0.15) is 12.0 Å². The Hall–Kier alpha value is -3.39. The molecule has 1 saturated heterocycles. The van der Waals surface area contributed by atoms with Crippen molar-refractivity contribution in [3.8, 4) is 0 Å². The molecular formula is C23H25N3O5. The lowest BCUT2D eigenvalue weighted by Crippen LogP contribution is -2.51. The Morgan fingerprint density at radius 2 is 1.81 bits per heavy atom. The third-order valence-electron chi connectivity index (χ3n) is 5.40. The maximum Gasteiger partial charge on any atom is 0.419 e. The van der Waals surface area contributed by atoms with E-state index in [2.05, 4.69) is 5.32 Å². The summed E-state index contributed by atoms with van der Waals surface area (Å²) in [6.07, 6.45) is 0.668. The van der Waals surface area contributed by atoms with Crippen LogP contribution in [0, 0.1) is 0 Å². The summed E-state index contributed by atoms with van der Waals surface area (Å²) in [5.41, 5.74) is 2.35. The average molecular weight is 423 g/mol. The molecule has 3 aromatic rings. The van der Waals surface area contributed by atoms with E-state index in [1.807, 2.05) is 36.4 Å². The average Bonchev–Trinajstić information content (AvgIpc) is 3.11. The largest absolute Gasteiger partial charge is 0.419 e. The number of hydrogen-bond acceptors (Lipinski definition) is 5. The van der Waals surface area contributed by atoms with Crippen molar-refractivity contribution in [2.45, 2.75) is 25.5 Å². The molecule has 2 aromatic carbocycles. The van der Waals surface area contributed by atoms with Crippen molar-refractivity contribution < 1.29 is 18.7 Å². The lowest BCUT2D eigenvalue weighted by atomic mass is 10.1. The quantitative estimate of drug-likeness (QED) is 0.594. The van der Waals surface area contributed by atoms with Gasteiger partial charge in [-0.05, 0) is 24.1 Å². The molecule has 1 aromatic heterocycles.